The van der Waals surface area contributed by atoms with Gasteiger partial charge in [-0.25, -0.2) is 0 Å². The zero-order valence-corrected chi connectivity index (χ0v) is 13.8. The number of methoxy groups -OCH3 is 1. The largest absolute Gasteiger partial charge is 0.493 e. The lowest BCUT2D eigenvalue weighted by Crippen LogP contribution is -2.47. The molecule has 1 aliphatic carbocycles. The molecule has 0 amide bonds. The summed E-state index contributed by atoms with van der Waals surface area (Å²) in [5.74, 6) is 2.50. The van der Waals surface area contributed by atoms with Gasteiger partial charge in [-0.3, -0.25) is 4.90 Å². The van der Waals surface area contributed by atoms with Crippen LogP contribution >= 0.6 is 0 Å². The van der Waals surface area contributed by atoms with Gasteiger partial charge in [0.25, 0.3) is 0 Å². The molecule has 4 heteroatoms. The maximum Gasteiger partial charge on any atom is 0.161 e. The van der Waals surface area contributed by atoms with E-state index in [9.17, 15) is 0 Å². The highest BCUT2D eigenvalue weighted by molar-refractivity contribution is 5.44. The van der Waals surface area contributed by atoms with Crippen LogP contribution < -0.4 is 14.8 Å². The summed E-state index contributed by atoms with van der Waals surface area (Å²) >= 11 is 0. The predicted octanol–water partition coefficient (Wildman–Crippen LogP) is 2.84. The molecule has 2 fully saturated rings. The van der Waals surface area contributed by atoms with Crippen LogP contribution in [0.3, 0.4) is 0 Å². The molecule has 1 aromatic rings. The lowest BCUT2D eigenvalue weighted by atomic mass is 9.76. The number of hydrogen-bond donors (Lipinski definition) is 1. The van der Waals surface area contributed by atoms with Crippen LogP contribution in [-0.2, 0) is 0 Å². The first-order valence-corrected chi connectivity index (χ1v) is 8.59. The minimum atomic E-state index is 0.528. The normalized spacial score (nSPS) is 21.2. The van der Waals surface area contributed by atoms with Crippen molar-refractivity contribution in [3.8, 4) is 11.5 Å². The zero-order valence-electron chi connectivity index (χ0n) is 13.8. The topological polar surface area (TPSA) is 33.7 Å². The number of piperazine rings is 1. The Morgan fingerprint density at radius 1 is 1.23 bits per heavy atom. The lowest BCUT2D eigenvalue weighted by Gasteiger charge is -2.43. The average molecular weight is 304 g/mol. The minimum absolute atomic E-state index is 0.528. The van der Waals surface area contributed by atoms with Crippen LogP contribution in [0, 0.1) is 5.92 Å². The van der Waals surface area contributed by atoms with E-state index in [1.807, 2.05) is 6.92 Å². The fourth-order valence-electron chi connectivity index (χ4n) is 3.64. The van der Waals surface area contributed by atoms with E-state index in [1.54, 1.807) is 7.11 Å². The van der Waals surface area contributed by atoms with Crippen molar-refractivity contribution >= 4 is 0 Å². The summed E-state index contributed by atoms with van der Waals surface area (Å²) < 4.78 is 11.2. The molecule has 1 aliphatic heterocycles. The first-order valence-electron chi connectivity index (χ1n) is 8.59. The van der Waals surface area contributed by atoms with Gasteiger partial charge in [-0.05, 0) is 43.4 Å². The summed E-state index contributed by atoms with van der Waals surface area (Å²) in [6.07, 6.45) is 4.08. The highest BCUT2D eigenvalue weighted by atomic mass is 16.5. The molecule has 1 N–H and O–H groups in total. The third-order valence-electron chi connectivity index (χ3n) is 4.97. The molecule has 1 saturated carbocycles. The van der Waals surface area contributed by atoms with Crippen molar-refractivity contribution in [3.63, 3.8) is 0 Å². The van der Waals surface area contributed by atoms with Gasteiger partial charge in [-0.2, -0.15) is 0 Å². The van der Waals surface area contributed by atoms with Gasteiger partial charge in [-0.15, -0.1) is 0 Å². The molecular weight excluding hydrogens is 276 g/mol. The Hall–Kier alpha value is -1.26. The number of benzene rings is 1. The van der Waals surface area contributed by atoms with Crippen LogP contribution in [0.15, 0.2) is 18.2 Å². The van der Waals surface area contributed by atoms with Crippen molar-refractivity contribution in [2.75, 3.05) is 39.9 Å². The minimum Gasteiger partial charge on any atom is -0.493 e. The second-order valence-electron chi connectivity index (χ2n) is 6.27. The van der Waals surface area contributed by atoms with Crippen LogP contribution in [0.25, 0.3) is 0 Å². The molecule has 4 nitrogen and oxygen atoms in total. The Labute approximate surface area is 133 Å². The highest BCUT2D eigenvalue weighted by Gasteiger charge is 2.33. The third-order valence-corrected chi connectivity index (χ3v) is 4.97. The molecule has 0 aromatic heterocycles. The second-order valence-corrected chi connectivity index (χ2v) is 6.27. The Morgan fingerprint density at radius 2 is 2.00 bits per heavy atom. The molecule has 0 unspecified atom stereocenters. The van der Waals surface area contributed by atoms with Gasteiger partial charge in [0.05, 0.1) is 13.7 Å². The number of ether oxygens (including phenoxy) is 2. The fourth-order valence-corrected chi connectivity index (χ4v) is 3.64. The van der Waals surface area contributed by atoms with Gasteiger partial charge in [-0.1, -0.05) is 12.5 Å². The van der Waals surface area contributed by atoms with Gasteiger partial charge in [0.1, 0.15) is 0 Å². The Bertz CT molecular complexity index is 482. The van der Waals surface area contributed by atoms with Crippen LogP contribution in [0.2, 0.25) is 0 Å². The van der Waals surface area contributed by atoms with Crippen molar-refractivity contribution < 1.29 is 9.47 Å². The number of nitrogens with zero attached hydrogens (tertiary/aromatic N) is 1. The molecule has 0 radical (unpaired) electrons. The standard InChI is InChI=1S/C18H28N2O2/c1-3-22-16-8-7-15(13-17(16)21-2)18(14-5-4-6-14)20-11-9-19-10-12-20/h7-8,13-14,18-19H,3-6,9-12H2,1-2H3/t18-/m0/s1. The third kappa shape index (κ3) is 3.23. The van der Waals surface area contributed by atoms with E-state index in [1.165, 1.54) is 24.8 Å². The van der Waals surface area contributed by atoms with Crippen LogP contribution in [0.1, 0.15) is 37.8 Å². The molecule has 3 rings (SSSR count). The summed E-state index contributed by atoms with van der Waals surface area (Å²) in [5.41, 5.74) is 1.38. The van der Waals surface area contributed by atoms with Crippen molar-refractivity contribution in [1.29, 1.82) is 0 Å². The van der Waals surface area contributed by atoms with E-state index in [2.05, 4.69) is 28.4 Å². The van der Waals surface area contributed by atoms with Crippen LogP contribution in [0.4, 0.5) is 0 Å². The fraction of sp³-hybridized carbons (Fsp3) is 0.667. The highest BCUT2D eigenvalue weighted by Crippen LogP contribution is 2.43. The molecule has 2 aliphatic rings. The summed E-state index contributed by atoms with van der Waals surface area (Å²) in [6, 6.07) is 7.03. The number of rotatable bonds is 6. The zero-order chi connectivity index (χ0) is 15.4. The van der Waals surface area contributed by atoms with Gasteiger partial charge < -0.3 is 14.8 Å². The second kappa shape index (κ2) is 7.34. The lowest BCUT2D eigenvalue weighted by molar-refractivity contribution is 0.0835. The summed E-state index contributed by atoms with van der Waals surface area (Å²) in [4.78, 5) is 2.65. The molecule has 1 aromatic carbocycles. The Kier molecular flexibility index (Phi) is 5.21. The van der Waals surface area contributed by atoms with Crippen LogP contribution in [-0.4, -0.2) is 44.8 Å². The van der Waals surface area contributed by atoms with E-state index in [0.717, 1.165) is 43.6 Å². The van der Waals surface area contributed by atoms with Gasteiger partial charge >= 0.3 is 0 Å². The van der Waals surface area contributed by atoms with E-state index in [0.29, 0.717) is 12.6 Å². The molecule has 22 heavy (non-hydrogen) atoms. The maximum atomic E-state index is 5.66. The maximum absolute atomic E-state index is 5.66. The molecule has 0 bridgehead atoms. The van der Waals surface area contributed by atoms with Crippen molar-refractivity contribution in [3.05, 3.63) is 23.8 Å². The summed E-state index contributed by atoms with van der Waals surface area (Å²) in [7, 11) is 1.73. The van der Waals surface area contributed by atoms with Crippen molar-refractivity contribution in [2.24, 2.45) is 5.92 Å². The Morgan fingerprint density at radius 3 is 2.59 bits per heavy atom. The first kappa shape index (κ1) is 15.6. The van der Waals surface area contributed by atoms with E-state index in [-0.39, 0.29) is 0 Å². The smallest absolute Gasteiger partial charge is 0.161 e. The van der Waals surface area contributed by atoms with E-state index in [4.69, 9.17) is 9.47 Å². The monoisotopic (exact) mass is 304 g/mol. The molecule has 122 valence electrons. The van der Waals surface area contributed by atoms with E-state index >= 15 is 0 Å². The van der Waals surface area contributed by atoms with E-state index < -0.39 is 0 Å². The van der Waals surface area contributed by atoms with Gasteiger partial charge in [0.2, 0.25) is 0 Å². The molecule has 0 spiro atoms. The summed E-state index contributed by atoms with van der Waals surface area (Å²) in [5, 5.41) is 3.46. The number of hydrogen-bond acceptors (Lipinski definition) is 4. The van der Waals surface area contributed by atoms with Gasteiger partial charge in [0, 0.05) is 32.2 Å². The quantitative estimate of drug-likeness (QED) is 0.876. The Balaban J connectivity index is 1.86. The average Bonchev–Trinajstić information content (AvgIpc) is 2.52. The molecule has 1 atom stereocenters. The van der Waals surface area contributed by atoms with Crippen molar-refractivity contribution in [1.82, 2.24) is 10.2 Å². The van der Waals surface area contributed by atoms with Crippen LogP contribution in [0.5, 0.6) is 11.5 Å². The summed E-state index contributed by atoms with van der Waals surface area (Å²) in [6.45, 7) is 7.13. The molecule has 1 saturated heterocycles. The number of nitrogens with one attached hydrogen (secondary N) is 1. The first-order chi connectivity index (χ1) is 10.8. The SMILES string of the molecule is CCOc1ccc([C@H](C2CCC2)N2CCNCC2)cc1OC. The molecular formula is C18H28N2O2. The van der Waals surface area contributed by atoms with Crippen molar-refractivity contribution in [2.45, 2.75) is 32.2 Å². The predicted molar refractivity (Wildman–Crippen MR) is 88.7 cm³/mol. The molecule has 1 heterocycles. The van der Waals surface area contributed by atoms with Gasteiger partial charge in [0.15, 0.2) is 11.5 Å².